The lowest BCUT2D eigenvalue weighted by atomic mass is 10.1. The summed E-state index contributed by atoms with van der Waals surface area (Å²) in [4.78, 5) is 31.5. The molecule has 0 aliphatic rings. The van der Waals surface area contributed by atoms with Gasteiger partial charge in [-0.2, -0.15) is 13.2 Å². The van der Waals surface area contributed by atoms with Crippen molar-refractivity contribution in [1.29, 1.82) is 0 Å². The van der Waals surface area contributed by atoms with Crippen LogP contribution in [0.2, 0.25) is 0 Å². The van der Waals surface area contributed by atoms with Gasteiger partial charge in [0.25, 0.3) is 5.56 Å². The number of carbonyl (C=O) groups is 2. The summed E-state index contributed by atoms with van der Waals surface area (Å²) in [6.45, 7) is 2.86. The fraction of sp³-hybridized carbons (Fsp3) is 0.353. The molecule has 11 heteroatoms. The molecule has 0 saturated carbocycles. The average molecular weight is 402 g/mol. The van der Waals surface area contributed by atoms with Gasteiger partial charge in [0, 0.05) is 36.0 Å². The second-order valence-corrected chi connectivity index (χ2v) is 5.35. The number of rotatable bonds is 5. The van der Waals surface area contributed by atoms with Crippen molar-refractivity contribution in [3.63, 3.8) is 0 Å². The van der Waals surface area contributed by atoms with Gasteiger partial charge in [0.05, 0.1) is 7.11 Å². The number of pyridine rings is 1. The molecule has 2 aromatic rings. The molecule has 0 unspecified atom stereocenters. The van der Waals surface area contributed by atoms with Crippen LogP contribution >= 0.6 is 0 Å². The molecule has 0 saturated heterocycles. The van der Waals surface area contributed by atoms with Crippen LogP contribution in [0.4, 0.5) is 13.2 Å². The minimum atomic E-state index is -4.85. The highest BCUT2D eigenvalue weighted by Crippen LogP contribution is 2.15. The summed E-state index contributed by atoms with van der Waals surface area (Å²) in [5.74, 6) is -3.02. The molecule has 0 spiro atoms. The molecule has 0 aromatic carbocycles. The van der Waals surface area contributed by atoms with Crippen LogP contribution in [-0.2, 0) is 27.4 Å². The maximum Gasteiger partial charge on any atom is 0.490 e. The summed E-state index contributed by atoms with van der Waals surface area (Å²) in [5.41, 5.74) is 1.76. The number of alkyl halides is 3. The van der Waals surface area contributed by atoms with E-state index in [-0.39, 0.29) is 12.0 Å². The van der Waals surface area contributed by atoms with Crippen LogP contribution in [0.1, 0.15) is 13.3 Å². The van der Waals surface area contributed by atoms with E-state index in [2.05, 4.69) is 9.84 Å². The molecule has 2 heterocycles. The highest BCUT2D eigenvalue weighted by Gasteiger charge is 2.40. The van der Waals surface area contributed by atoms with Crippen molar-refractivity contribution in [3.05, 3.63) is 47.1 Å². The Kier molecular flexibility index (Phi) is 8.29. The molecule has 152 valence electrons. The summed E-state index contributed by atoms with van der Waals surface area (Å²) in [5, 5.41) is 12.8. The molecule has 0 atom stereocenters. The Morgan fingerprint density at radius 2 is 1.93 bits per heavy atom. The number of aromatic nitrogens is 3. The van der Waals surface area contributed by atoms with Gasteiger partial charge in [-0.1, -0.05) is 4.68 Å². The number of hydrogen-bond donors (Lipinski definition) is 1. The number of methoxy groups -OCH3 is 1. The third-order valence-corrected chi connectivity index (χ3v) is 3.40. The monoisotopic (exact) mass is 402 g/mol. The number of ether oxygens (including phenoxy) is 1. The molecule has 2 aromatic heterocycles. The molecule has 0 aliphatic heterocycles. The SMILES string of the molecule is CCn1cc(-c2cc[n+](CCC(=O)O)nc2)ccc1=O.COC(=O)C(F)(F)F. The van der Waals surface area contributed by atoms with Gasteiger partial charge in [0.2, 0.25) is 0 Å². The highest BCUT2D eigenvalue weighted by molar-refractivity contribution is 5.75. The maximum absolute atomic E-state index is 11.5. The number of carboxylic acid groups (broad SMARTS) is 1. The lowest BCUT2D eigenvalue weighted by Gasteiger charge is -2.04. The second-order valence-electron chi connectivity index (χ2n) is 5.35. The van der Waals surface area contributed by atoms with Gasteiger partial charge >= 0.3 is 18.1 Å². The van der Waals surface area contributed by atoms with Crippen molar-refractivity contribution in [3.8, 4) is 11.1 Å². The maximum atomic E-state index is 11.5. The van der Waals surface area contributed by atoms with Crippen LogP contribution in [0.15, 0.2) is 41.6 Å². The number of esters is 1. The molecular formula is C17H19F3N3O5+. The number of carbonyl (C=O) groups excluding carboxylic acids is 1. The van der Waals surface area contributed by atoms with Crippen LogP contribution in [0, 0.1) is 0 Å². The molecule has 0 bridgehead atoms. The van der Waals surface area contributed by atoms with E-state index in [1.54, 1.807) is 33.9 Å². The number of carboxylic acids is 1. The second kappa shape index (κ2) is 10.2. The van der Waals surface area contributed by atoms with Crippen molar-refractivity contribution in [2.24, 2.45) is 0 Å². The van der Waals surface area contributed by atoms with Gasteiger partial charge in [0.1, 0.15) is 12.6 Å². The van der Waals surface area contributed by atoms with E-state index >= 15 is 0 Å². The third kappa shape index (κ3) is 7.17. The highest BCUT2D eigenvalue weighted by atomic mass is 19.4. The Bertz CT molecular complexity index is 864. The predicted octanol–water partition coefficient (Wildman–Crippen LogP) is 1.41. The van der Waals surface area contributed by atoms with Gasteiger partial charge in [-0.25, -0.2) is 4.79 Å². The Labute approximate surface area is 157 Å². The smallest absolute Gasteiger partial charge is 0.481 e. The molecule has 0 amide bonds. The zero-order chi connectivity index (χ0) is 21.3. The first-order valence-corrected chi connectivity index (χ1v) is 8.02. The number of aryl methyl sites for hydroxylation is 2. The normalized spacial score (nSPS) is 10.6. The van der Waals surface area contributed by atoms with Crippen molar-refractivity contribution in [1.82, 2.24) is 9.67 Å². The van der Waals surface area contributed by atoms with E-state index in [1.165, 1.54) is 6.07 Å². The summed E-state index contributed by atoms with van der Waals surface area (Å²) in [6.07, 6.45) is 0.384. The molecular weight excluding hydrogens is 383 g/mol. The summed E-state index contributed by atoms with van der Waals surface area (Å²) in [6, 6.07) is 5.14. The predicted molar refractivity (Wildman–Crippen MR) is 90.1 cm³/mol. The zero-order valence-electron chi connectivity index (χ0n) is 15.1. The van der Waals surface area contributed by atoms with E-state index in [1.807, 2.05) is 13.0 Å². The molecule has 0 aliphatic carbocycles. The Balaban J connectivity index is 0.000000416. The van der Waals surface area contributed by atoms with Crippen molar-refractivity contribution in [2.75, 3.05) is 7.11 Å². The van der Waals surface area contributed by atoms with Crippen LogP contribution in [-0.4, -0.2) is 40.0 Å². The van der Waals surface area contributed by atoms with E-state index < -0.39 is 18.1 Å². The number of nitrogens with zero attached hydrogens (tertiary/aromatic N) is 3. The molecule has 0 radical (unpaired) electrons. The van der Waals surface area contributed by atoms with Gasteiger partial charge in [-0.05, 0) is 18.1 Å². The minimum absolute atomic E-state index is 0.0309. The van der Waals surface area contributed by atoms with E-state index in [0.29, 0.717) is 20.2 Å². The number of halogens is 3. The first kappa shape index (κ1) is 22.8. The molecule has 28 heavy (non-hydrogen) atoms. The fourth-order valence-corrected chi connectivity index (χ4v) is 1.96. The van der Waals surface area contributed by atoms with Gasteiger partial charge in [-0.3, -0.25) is 9.59 Å². The lowest BCUT2D eigenvalue weighted by Crippen LogP contribution is -2.38. The Morgan fingerprint density at radius 3 is 2.36 bits per heavy atom. The van der Waals surface area contributed by atoms with E-state index in [4.69, 9.17) is 5.11 Å². The lowest BCUT2D eigenvalue weighted by molar-refractivity contribution is -0.752. The van der Waals surface area contributed by atoms with Crippen molar-refractivity contribution >= 4 is 11.9 Å². The van der Waals surface area contributed by atoms with E-state index in [9.17, 15) is 27.6 Å². The average Bonchev–Trinajstić information content (AvgIpc) is 2.66. The van der Waals surface area contributed by atoms with Crippen LogP contribution in [0.5, 0.6) is 0 Å². The quantitative estimate of drug-likeness (QED) is 0.599. The first-order valence-electron chi connectivity index (χ1n) is 8.02. The van der Waals surface area contributed by atoms with Crippen molar-refractivity contribution in [2.45, 2.75) is 32.6 Å². The zero-order valence-corrected chi connectivity index (χ0v) is 15.1. The van der Waals surface area contributed by atoms with Gasteiger partial charge < -0.3 is 14.4 Å². The molecule has 1 N–H and O–H groups in total. The Morgan fingerprint density at radius 1 is 1.25 bits per heavy atom. The molecule has 0 fully saturated rings. The van der Waals surface area contributed by atoms with E-state index in [0.717, 1.165) is 11.1 Å². The topological polar surface area (TPSA) is 102 Å². The minimum Gasteiger partial charge on any atom is -0.481 e. The van der Waals surface area contributed by atoms with Crippen LogP contribution < -0.4 is 10.2 Å². The van der Waals surface area contributed by atoms with Gasteiger partial charge in [-0.15, -0.1) is 0 Å². The fourth-order valence-electron chi connectivity index (χ4n) is 1.96. The molecule has 8 nitrogen and oxygen atoms in total. The summed E-state index contributed by atoms with van der Waals surface area (Å²) < 4.78 is 39.5. The summed E-state index contributed by atoms with van der Waals surface area (Å²) in [7, 11) is 0.676. The van der Waals surface area contributed by atoms with Crippen LogP contribution in [0.3, 0.4) is 0 Å². The number of hydrogen-bond acceptors (Lipinski definition) is 5. The Hall–Kier alpha value is -3.24. The largest absolute Gasteiger partial charge is 0.490 e. The first-order chi connectivity index (χ1) is 13.1. The summed E-state index contributed by atoms with van der Waals surface area (Å²) >= 11 is 0. The standard InChI is InChI=1S/C14H15N3O3.C3H3F3O2/c1-2-16-10-12(3-4-13(16)18)11-5-7-17(15-9-11)8-6-14(19)20;1-8-2(7)3(4,5)6/h3-5,7,9-10H,2,6,8H2,1H3;1H3/p+1. The third-order valence-electron chi connectivity index (χ3n) is 3.40. The van der Waals surface area contributed by atoms with Crippen LogP contribution in [0.25, 0.3) is 11.1 Å². The van der Waals surface area contributed by atoms with Gasteiger partial charge in [0.15, 0.2) is 12.7 Å². The van der Waals surface area contributed by atoms with Crippen molar-refractivity contribution < 1.29 is 37.3 Å². The molecule has 2 rings (SSSR count). The number of aliphatic carboxylic acids is 1.